The van der Waals surface area contributed by atoms with E-state index in [0.29, 0.717) is 16.9 Å². The Kier molecular flexibility index (Phi) is 6.31. The zero-order valence-corrected chi connectivity index (χ0v) is 19.2. The molecule has 0 radical (unpaired) electrons. The minimum Gasteiger partial charge on any atom is -0.370 e. The first-order valence-corrected chi connectivity index (χ1v) is 13.2. The van der Waals surface area contributed by atoms with E-state index >= 15 is 0 Å². The van der Waals surface area contributed by atoms with E-state index in [-0.39, 0.29) is 6.04 Å². The van der Waals surface area contributed by atoms with E-state index in [2.05, 4.69) is 39.2 Å². The van der Waals surface area contributed by atoms with Gasteiger partial charge in [0.05, 0.1) is 17.3 Å². The molecule has 0 spiro atoms. The Bertz CT molecular complexity index is 1060. The lowest BCUT2D eigenvalue weighted by atomic mass is 9.80. The second kappa shape index (κ2) is 9.33. The molecule has 0 saturated carbocycles. The van der Waals surface area contributed by atoms with Crippen molar-refractivity contribution in [2.24, 2.45) is 4.99 Å². The maximum Gasteiger partial charge on any atom is 0.240 e. The van der Waals surface area contributed by atoms with Gasteiger partial charge in [0, 0.05) is 31.0 Å². The summed E-state index contributed by atoms with van der Waals surface area (Å²) < 4.78 is 27.9. The van der Waals surface area contributed by atoms with E-state index in [1.54, 1.807) is 24.3 Å². The van der Waals surface area contributed by atoms with Gasteiger partial charge in [-0.1, -0.05) is 42.5 Å². The monoisotopic (exact) mass is 452 g/mol. The lowest BCUT2D eigenvalue weighted by Crippen LogP contribution is -2.45. The Hall–Kier alpha value is -2.22. The summed E-state index contributed by atoms with van der Waals surface area (Å²) in [6, 6.07) is 18.0. The predicted molar refractivity (Wildman–Crippen MR) is 128 cm³/mol. The van der Waals surface area contributed by atoms with Crippen LogP contribution in [0.1, 0.15) is 42.7 Å². The third-order valence-electron chi connectivity index (χ3n) is 7.11. The van der Waals surface area contributed by atoms with Crippen molar-refractivity contribution >= 4 is 15.9 Å². The van der Waals surface area contributed by atoms with Gasteiger partial charge in [0.1, 0.15) is 0 Å². The number of fused-ring (bicyclic) bond motifs is 3. The van der Waals surface area contributed by atoms with Gasteiger partial charge >= 0.3 is 0 Å². The third-order valence-corrected chi connectivity index (χ3v) is 8.65. The Morgan fingerprint density at radius 2 is 1.75 bits per heavy atom. The van der Waals surface area contributed by atoms with Crippen molar-refractivity contribution in [2.45, 2.75) is 55.0 Å². The molecule has 2 aromatic carbocycles. The molecule has 2 heterocycles. The normalized spacial score (nSPS) is 25.3. The van der Waals surface area contributed by atoms with Crippen LogP contribution in [0.15, 0.2) is 64.5 Å². The number of rotatable bonds is 6. The lowest BCUT2D eigenvalue weighted by molar-refractivity contribution is 0.212. The van der Waals surface area contributed by atoms with E-state index in [9.17, 15) is 8.42 Å². The lowest BCUT2D eigenvalue weighted by Gasteiger charge is -2.31. The molecular formula is C25H32N4O2S. The molecule has 1 aliphatic carbocycles. The average Bonchev–Trinajstić information content (AvgIpc) is 3.24. The van der Waals surface area contributed by atoms with Gasteiger partial charge in [-0.3, -0.25) is 4.99 Å². The van der Waals surface area contributed by atoms with Gasteiger partial charge in [0.15, 0.2) is 0 Å². The number of likely N-dealkylation sites (tertiary alicyclic amines) is 1. The highest BCUT2D eigenvalue weighted by Gasteiger charge is 2.36. The number of aryl methyl sites for hydroxylation is 1. The van der Waals surface area contributed by atoms with Crippen molar-refractivity contribution in [1.82, 2.24) is 14.9 Å². The first-order chi connectivity index (χ1) is 15.6. The fourth-order valence-electron chi connectivity index (χ4n) is 5.36. The first-order valence-electron chi connectivity index (χ1n) is 11.8. The number of benzene rings is 2. The van der Waals surface area contributed by atoms with Gasteiger partial charge in [-0.15, -0.1) is 0 Å². The molecule has 2 aromatic rings. The van der Waals surface area contributed by atoms with E-state index < -0.39 is 10.0 Å². The Labute approximate surface area is 191 Å². The van der Waals surface area contributed by atoms with Crippen LogP contribution in [0, 0.1) is 0 Å². The molecule has 2 aliphatic heterocycles. The van der Waals surface area contributed by atoms with Gasteiger partial charge < -0.3 is 10.2 Å². The number of piperidine rings is 1. The summed E-state index contributed by atoms with van der Waals surface area (Å²) in [4.78, 5) is 7.62. The minimum atomic E-state index is -3.44. The maximum absolute atomic E-state index is 12.5. The molecule has 0 amide bonds. The number of sulfonamides is 1. The first kappa shape index (κ1) is 21.6. The zero-order chi connectivity index (χ0) is 22.0. The van der Waals surface area contributed by atoms with Crippen LogP contribution in [0.2, 0.25) is 0 Å². The summed E-state index contributed by atoms with van der Waals surface area (Å²) in [5.41, 5.74) is 3.00. The average molecular weight is 453 g/mol. The largest absolute Gasteiger partial charge is 0.370 e. The van der Waals surface area contributed by atoms with Crippen LogP contribution in [0.4, 0.5) is 0 Å². The number of aliphatic imine (C=N–C) groups is 1. The molecule has 2 saturated heterocycles. The number of hydrogen-bond acceptors (Lipinski definition) is 4. The zero-order valence-electron chi connectivity index (χ0n) is 18.4. The van der Waals surface area contributed by atoms with E-state index in [1.807, 2.05) is 6.07 Å². The quantitative estimate of drug-likeness (QED) is 0.707. The Balaban J connectivity index is 1.08. The smallest absolute Gasteiger partial charge is 0.240 e. The molecule has 0 bridgehead atoms. The summed E-state index contributed by atoms with van der Waals surface area (Å²) in [6.07, 6.45) is 5.03. The summed E-state index contributed by atoms with van der Waals surface area (Å²) >= 11 is 0. The number of nitrogens with one attached hydrogen (secondary N) is 2. The molecular weight excluding hydrogens is 420 g/mol. The molecule has 2 N–H and O–H groups in total. The molecule has 5 rings (SSSR count). The van der Waals surface area contributed by atoms with Gasteiger partial charge in [-0.2, -0.15) is 0 Å². The molecule has 170 valence electrons. The second-order valence-corrected chi connectivity index (χ2v) is 10.9. The SMILES string of the molecule is O=S(=O)(NC1CCN(CCN=C2CC3c4ccccc4CCC3N2)CC1)c1ccccc1. The summed E-state index contributed by atoms with van der Waals surface area (Å²) in [6.45, 7) is 3.52. The highest BCUT2D eigenvalue weighted by Crippen LogP contribution is 2.37. The topological polar surface area (TPSA) is 73.8 Å². The molecule has 2 atom stereocenters. The van der Waals surface area contributed by atoms with Crippen LogP contribution >= 0.6 is 0 Å². The van der Waals surface area contributed by atoms with Gasteiger partial charge in [0.2, 0.25) is 10.0 Å². The van der Waals surface area contributed by atoms with Gasteiger partial charge in [-0.05, 0) is 62.0 Å². The highest BCUT2D eigenvalue weighted by molar-refractivity contribution is 7.89. The van der Waals surface area contributed by atoms with E-state index in [4.69, 9.17) is 4.99 Å². The molecule has 32 heavy (non-hydrogen) atoms. The molecule has 0 aromatic heterocycles. The fourth-order valence-corrected chi connectivity index (χ4v) is 6.68. The minimum absolute atomic E-state index is 0.00228. The van der Waals surface area contributed by atoms with Crippen molar-refractivity contribution in [1.29, 1.82) is 0 Å². The summed E-state index contributed by atoms with van der Waals surface area (Å²) in [5, 5.41) is 3.67. The molecule has 7 heteroatoms. The third kappa shape index (κ3) is 4.75. The van der Waals surface area contributed by atoms with Gasteiger partial charge in [-0.25, -0.2) is 13.1 Å². The van der Waals surface area contributed by atoms with Crippen LogP contribution in [-0.4, -0.2) is 57.4 Å². The standard InChI is InChI=1S/C25H32N4O2S/c30-32(31,21-7-2-1-3-8-21)28-20-12-15-29(16-13-20)17-14-26-25-18-23-22-9-5-4-6-19(22)10-11-24(23)27-25/h1-9,20,23-24,28H,10-18H2,(H,26,27). The Morgan fingerprint density at radius 3 is 2.56 bits per heavy atom. The molecule has 2 unspecified atom stereocenters. The number of hydrogen-bond donors (Lipinski definition) is 2. The van der Waals surface area contributed by atoms with E-state index in [0.717, 1.165) is 57.7 Å². The van der Waals surface area contributed by atoms with Crippen LogP contribution in [-0.2, 0) is 16.4 Å². The van der Waals surface area contributed by atoms with Crippen LogP contribution in [0.3, 0.4) is 0 Å². The Morgan fingerprint density at radius 1 is 1.00 bits per heavy atom. The highest BCUT2D eigenvalue weighted by atomic mass is 32.2. The van der Waals surface area contributed by atoms with Gasteiger partial charge in [0.25, 0.3) is 0 Å². The maximum atomic E-state index is 12.5. The predicted octanol–water partition coefficient (Wildman–Crippen LogP) is 2.92. The van der Waals surface area contributed by atoms with Crippen molar-refractivity contribution < 1.29 is 8.42 Å². The number of nitrogens with zero attached hydrogens (tertiary/aromatic N) is 2. The summed E-state index contributed by atoms with van der Waals surface area (Å²) in [7, 11) is -3.44. The van der Waals surface area contributed by atoms with Crippen LogP contribution < -0.4 is 10.0 Å². The molecule has 3 aliphatic rings. The van der Waals surface area contributed by atoms with Crippen molar-refractivity contribution in [3.05, 3.63) is 65.7 Å². The summed E-state index contributed by atoms with van der Waals surface area (Å²) in [5.74, 6) is 1.72. The van der Waals surface area contributed by atoms with Crippen molar-refractivity contribution in [3.63, 3.8) is 0 Å². The number of amidine groups is 1. The second-order valence-electron chi connectivity index (χ2n) is 9.18. The van der Waals surface area contributed by atoms with E-state index in [1.165, 1.54) is 17.5 Å². The molecule has 2 fully saturated rings. The molecule has 6 nitrogen and oxygen atoms in total. The van der Waals surface area contributed by atoms with Crippen LogP contribution in [0.25, 0.3) is 0 Å². The fraction of sp³-hybridized carbons (Fsp3) is 0.480. The van der Waals surface area contributed by atoms with Crippen molar-refractivity contribution in [3.8, 4) is 0 Å². The van der Waals surface area contributed by atoms with Crippen molar-refractivity contribution in [2.75, 3.05) is 26.2 Å². The van der Waals surface area contributed by atoms with Crippen LogP contribution in [0.5, 0.6) is 0 Å².